The fourth-order valence-electron chi connectivity index (χ4n) is 1.13. The Hall–Kier alpha value is -0.340. The zero-order valence-electron chi connectivity index (χ0n) is 8.42. The van der Waals surface area contributed by atoms with E-state index in [1.54, 1.807) is 0 Å². The Morgan fingerprint density at radius 3 is 2.93 bits per heavy atom. The Bertz CT molecular complexity index is 289. The number of benzene rings is 1. The molecule has 0 bridgehead atoms. The van der Waals surface area contributed by atoms with Gasteiger partial charge in [-0.1, -0.05) is 24.9 Å². The van der Waals surface area contributed by atoms with Gasteiger partial charge in [-0.3, -0.25) is 0 Å². The Morgan fingerprint density at radius 1 is 1.43 bits per heavy atom. The molecule has 0 fully saturated rings. The molecule has 1 nitrogen and oxygen atoms in total. The lowest BCUT2D eigenvalue weighted by Gasteiger charge is -2.05. The van der Waals surface area contributed by atoms with E-state index in [1.807, 2.05) is 30.0 Å². The van der Waals surface area contributed by atoms with Crippen molar-refractivity contribution in [2.75, 3.05) is 11.5 Å². The van der Waals surface area contributed by atoms with Crippen LogP contribution in [0.15, 0.2) is 18.2 Å². The van der Waals surface area contributed by atoms with E-state index >= 15 is 0 Å². The second kappa shape index (κ2) is 6.20. The van der Waals surface area contributed by atoms with Crippen LogP contribution in [-0.2, 0) is 5.75 Å². The van der Waals surface area contributed by atoms with Crippen LogP contribution in [-0.4, -0.2) is 5.75 Å². The highest BCUT2D eigenvalue weighted by molar-refractivity contribution is 7.98. The molecule has 0 heterocycles. The molecule has 0 saturated carbocycles. The topological polar surface area (TPSA) is 26.0 Å². The first kappa shape index (κ1) is 11.7. The van der Waals surface area contributed by atoms with Crippen LogP contribution in [0.4, 0.5) is 5.69 Å². The minimum Gasteiger partial charge on any atom is -0.398 e. The van der Waals surface area contributed by atoms with Gasteiger partial charge in [0.1, 0.15) is 0 Å². The number of hydrogen-bond acceptors (Lipinski definition) is 2. The number of halogens is 1. The van der Waals surface area contributed by atoms with Gasteiger partial charge in [0.25, 0.3) is 0 Å². The van der Waals surface area contributed by atoms with Crippen LogP contribution in [0, 0.1) is 0 Å². The number of hydrogen-bond donors (Lipinski definition) is 1. The second-order valence-electron chi connectivity index (χ2n) is 3.25. The maximum Gasteiger partial charge on any atom is 0.0410 e. The predicted molar refractivity (Wildman–Crippen MR) is 66.9 cm³/mol. The zero-order chi connectivity index (χ0) is 10.4. The maximum atomic E-state index is 5.89. The van der Waals surface area contributed by atoms with E-state index in [0.29, 0.717) is 0 Å². The number of nitrogens with two attached hydrogens (primary N) is 1. The van der Waals surface area contributed by atoms with Gasteiger partial charge in [-0.2, -0.15) is 11.8 Å². The molecule has 1 aromatic rings. The first-order valence-corrected chi connectivity index (χ1v) is 6.39. The third-order valence-corrected chi connectivity index (χ3v) is 3.33. The summed E-state index contributed by atoms with van der Waals surface area (Å²) in [5, 5.41) is 0.769. The van der Waals surface area contributed by atoms with Gasteiger partial charge < -0.3 is 5.73 Å². The normalized spacial score (nSPS) is 10.4. The molecule has 0 unspecified atom stereocenters. The van der Waals surface area contributed by atoms with Crippen LogP contribution in [0.3, 0.4) is 0 Å². The summed E-state index contributed by atoms with van der Waals surface area (Å²) in [6.45, 7) is 2.20. The Labute approximate surface area is 95.0 Å². The quantitative estimate of drug-likeness (QED) is 0.611. The van der Waals surface area contributed by atoms with Crippen LogP contribution < -0.4 is 5.73 Å². The fourth-order valence-corrected chi connectivity index (χ4v) is 2.43. The van der Waals surface area contributed by atoms with Gasteiger partial charge in [0.2, 0.25) is 0 Å². The summed E-state index contributed by atoms with van der Waals surface area (Å²) in [6, 6.07) is 5.66. The molecule has 3 heteroatoms. The van der Waals surface area contributed by atoms with E-state index in [-0.39, 0.29) is 0 Å². The minimum atomic E-state index is 0.769. The smallest absolute Gasteiger partial charge is 0.0410 e. The molecule has 14 heavy (non-hydrogen) atoms. The average Bonchev–Trinajstić information content (AvgIpc) is 2.18. The molecule has 0 spiro atoms. The van der Waals surface area contributed by atoms with Crippen molar-refractivity contribution in [2.24, 2.45) is 0 Å². The van der Waals surface area contributed by atoms with E-state index in [1.165, 1.54) is 18.6 Å². The first-order chi connectivity index (χ1) is 6.74. The van der Waals surface area contributed by atoms with Gasteiger partial charge in [0, 0.05) is 16.5 Å². The van der Waals surface area contributed by atoms with Crippen LogP contribution in [0.1, 0.15) is 25.3 Å². The molecule has 0 atom stereocenters. The maximum absolute atomic E-state index is 5.89. The predicted octanol–water partition coefficient (Wildman–Crippen LogP) is 3.96. The molecular weight excluding hydrogens is 214 g/mol. The molecule has 0 aliphatic heterocycles. The Kier molecular flexibility index (Phi) is 5.20. The van der Waals surface area contributed by atoms with Crippen molar-refractivity contribution in [3.63, 3.8) is 0 Å². The SMILES string of the molecule is CCCCSCc1cc(Cl)ccc1N. The van der Waals surface area contributed by atoms with Gasteiger partial charge in [-0.25, -0.2) is 0 Å². The summed E-state index contributed by atoms with van der Waals surface area (Å²) in [6.07, 6.45) is 2.52. The lowest BCUT2D eigenvalue weighted by molar-refractivity contribution is 0.896. The fraction of sp³-hybridized carbons (Fsp3) is 0.455. The number of rotatable bonds is 5. The average molecular weight is 230 g/mol. The molecule has 1 rings (SSSR count). The summed E-state index contributed by atoms with van der Waals surface area (Å²) in [5.74, 6) is 2.16. The van der Waals surface area contributed by atoms with Crippen LogP contribution in [0.25, 0.3) is 0 Å². The lowest BCUT2D eigenvalue weighted by Crippen LogP contribution is -1.92. The van der Waals surface area contributed by atoms with E-state index in [2.05, 4.69) is 6.92 Å². The van der Waals surface area contributed by atoms with E-state index in [9.17, 15) is 0 Å². The van der Waals surface area contributed by atoms with Crippen molar-refractivity contribution in [1.82, 2.24) is 0 Å². The van der Waals surface area contributed by atoms with E-state index < -0.39 is 0 Å². The van der Waals surface area contributed by atoms with Crippen LogP contribution in [0.2, 0.25) is 5.02 Å². The Morgan fingerprint density at radius 2 is 2.21 bits per heavy atom. The number of unbranched alkanes of at least 4 members (excludes halogenated alkanes) is 1. The van der Waals surface area contributed by atoms with E-state index in [0.717, 1.165) is 22.0 Å². The van der Waals surface area contributed by atoms with Crippen molar-refractivity contribution < 1.29 is 0 Å². The zero-order valence-corrected chi connectivity index (χ0v) is 10.00. The van der Waals surface area contributed by atoms with Crippen molar-refractivity contribution in [3.8, 4) is 0 Å². The highest BCUT2D eigenvalue weighted by atomic mass is 35.5. The van der Waals surface area contributed by atoms with Crippen molar-refractivity contribution in [1.29, 1.82) is 0 Å². The minimum absolute atomic E-state index is 0.769. The summed E-state index contributed by atoms with van der Waals surface area (Å²) in [7, 11) is 0. The molecule has 0 radical (unpaired) electrons. The molecule has 78 valence electrons. The van der Waals surface area contributed by atoms with Crippen LogP contribution in [0.5, 0.6) is 0 Å². The van der Waals surface area contributed by atoms with Gasteiger partial charge >= 0.3 is 0 Å². The number of nitrogen functional groups attached to an aromatic ring is 1. The molecule has 0 aromatic heterocycles. The molecule has 0 saturated heterocycles. The monoisotopic (exact) mass is 229 g/mol. The van der Waals surface area contributed by atoms with Gasteiger partial charge in [0.05, 0.1) is 0 Å². The highest BCUT2D eigenvalue weighted by Gasteiger charge is 2.00. The summed E-state index contributed by atoms with van der Waals surface area (Å²) >= 11 is 7.81. The molecule has 2 N–H and O–H groups in total. The third kappa shape index (κ3) is 3.81. The number of thioether (sulfide) groups is 1. The molecular formula is C11H16ClNS. The van der Waals surface area contributed by atoms with Crippen molar-refractivity contribution >= 4 is 29.1 Å². The first-order valence-electron chi connectivity index (χ1n) is 4.85. The van der Waals surface area contributed by atoms with Crippen LogP contribution >= 0.6 is 23.4 Å². The standard InChI is InChI=1S/C11H16ClNS/c1-2-3-6-14-8-9-7-10(12)4-5-11(9)13/h4-5,7H,2-3,6,8,13H2,1H3. The molecule has 0 aliphatic rings. The molecule has 1 aromatic carbocycles. The highest BCUT2D eigenvalue weighted by Crippen LogP contribution is 2.22. The second-order valence-corrected chi connectivity index (χ2v) is 4.79. The summed E-state index contributed by atoms with van der Waals surface area (Å²) < 4.78 is 0. The third-order valence-electron chi connectivity index (χ3n) is 2.00. The lowest BCUT2D eigenvalue weighted by atomic mass is 10.2. The van der Waals surface area contributed by atoms with Gasteiger partial charge in [-0.05, 0) is 35.9 Å². The number of anilines is 1. The van der Waals surface area contributed by atoms with Gasteiger partial charge in [-0.15, -0.1) is 0 Å². The van der Waals surface area contributed by atoms with Gasteiger partial charge in [0.15, 0.2) is 0 Å². The van der Waals surface area contributed by atoms with Crippen molar-refractivity contribution in [2.45, 2.75) is 25.5 Å². The molecule has 0 aliphatic carbocycles. The Balaban J connectivity index is 2.45. The summed E-state index contributed by atoms with van der Waals surface area (Å²) in [5.41, 5.74) is 7.83. The van der Waals surface area contributed by atoms with E-state index in [4.69, 9.17) is 17.3 Å². The summed E-state index contributed by atoms with van der Waals surface area (Å²) in [4.78, 5) is 0. The molecule has 0 amide bonds. The largest absolute Gasteiger partial charge is 0.398 e. The van der Waals surface area contributed by atoms with Crippen molar-refractivity contribution in [3.05, 3.63) is 28.8 Å².